The normalized spacial score (nSPS) is 29.0. The van der Waals surface area contributed by atoms with Crippen LogP contribution in [-0.4, -0.2) is 22.4 Å². The molecule has 0 heterocycles. The highest BCUT2D eigenvalue weighted by atomic mass is 16.4. The molecule has 4 nitrogen and oxygen atoms in total. The number of ketones is 1. The van der Waals surface area contributed by atoms with Gasteiger partial charge in [0, 0.05) is 18.8 Å². The summed E-state index contributed by atoms with van der Waals surface area (Å²) < 4.78 is 0. The lowest BCUT2D eigenvalue weighted by Gasteiger charge is -2.37. The first-order chi connectivity index (χ1) is 8.04. The van der Waals surface area contributed by atoms with Crippen molar-refractivity contribution in [3.8, 4) is 0 Å². The summed E-state index contributed by atoms with van der Waals surface area (Å²) in [5, 5.41) is 9.28. The number of benzene rings is 1. The zero-order valence-corrected chi connectivity index (χ0v) is 9.43. The molecule has 0 aromatic heterocycles. The van der Waals surface area contributed by atoms with Crippen LogP contribution in [0.3, 0.4) is 0 Å². The molecule has 0 aliphatic heterocycles. The topological polar surface area (TPSA) is 80.4 Å². The van der Waals surface area contributed by atoms with Crippen molar-refractivity contribution in [2.24, 2.45) is 5.73 Å². The van der Waals surface area contributed by atoms with E-state index in [1.807, 2.05) is 30.3 Å². The zero-order valence-electron chi connectivity index (χ0n) is 9.43. The van der Waals surface area contributed by atoms with Gasteiger partial charge in [0.25, 0.3) is 0 Å². The van der Waals surface area contributed by atoms with Crippen LogP contribution in [0.2, 0.25) is 0 Å². The predicted octanol–water partition coefficient (Wildman–Crippen LogP) is 1.31. The van der Waals surface area contributed by atoms with E-state index >= 15 is 0 Å². The monoisotopic (exact) mass is 233 g/mol. The molecule has 0 spiro atoms. The summed E-state index contributed by atoms with van der Waals surface area (Å²) in [5.74, 6) is -1.37. The van der Waals surface area contributed by atoms with Gasteiger partial charge < -0.3 is 10.8 Å². The minimum atomic E-state index is -1.32. The minimum Gasteiger partial charge on any atom is -0.480 e. The number of Topliss-reactive ketones (excluding diaryl/α,β-unsaturated/α-hetero) is 1. The lowest BCUT2D eigenvalue weighted by atomic mass is 9.70. The molecule has 3 N–H and O–H groups in total. The molecule has 2 atom stereocenters. The average Bonchev–Trinajstić information content (AvgIpc) is 2.33. The number of carboxylic acid groups (broad SMARTS) is 1. The molecule has 0 radical (unpaired) electrons. The smallest absolute Gasteiger partial charge is 0.324 e. The fourth-order valence-electron chi connectivity index (χ4n) is 2.39. The number of aliphatic carboxylic acids is 1. The SMILES string of the molecule is N[C@]1(C(=O)O)CCC(=O)C[C@@H]1c1ccccc1. The maximum absolute atomic E-state index is 11.5. The van der Waals surface area contributed by atoms with E-state index in [0.717, 1.165) is 5.56 Å². The Hall–Kier alpha value is -1.68. The van der Waals surface area contributed by atoms with Crippen LogP contribution < -0.4 is 5.73 Å². The van der Waals surface area contributed by atoms with Gasteiger partial charge in [0.15, 0.2) is 0 Å². The summed E-state index contributed by atoms with van der Waals surface area (Å²) in [6.07, 6.45) is 0.680. The highest BCUT2D eigenvalue weighted by Gasteiger charge is 2.46. The zero-order chi connectivity index (χ0) is 12.5. The van der Waals surface area contributed by atoms with Crippen LogP contribution in [0.15, 0.2) is 30.3 Å². The Morgan fingerprint density at radius 2 is 2.00 bits per heavy atom. The molecule has 1 saturated carbocycles. The van der Waals surface area contributed by atoms with Gasteiger partial charge in [-0.1, -0.05) is 30.3 Å². The van der Waals surface area contributed by atoms with Crippen LogP contribution >= 0.6 is 0 Å². The fourth-order valence-corrected chi connectivity index (χ4v) is 2.39. The molecule has 1 fully saturated rings. The van der Waals surface area contributed by atoms with E-state index in [0.29, 0.717) is 0 Å². The number of carbonyl (C=O) groups excluding carboxylic acids is 1. The van der Waals surface area contributed by atoms with Crippen molar-refractivity contribution in [3.63, 3.8) is 0 Å². The Morgan fingerprint density at radius 3 is 2.59 bits per heavy atom. The van der Waals surface area contributed by atoms with Gasteiger partial charge in [-0.25, -0.2) is 0 Å². The van der Waals surface area contributed by atoms with Crippen molar-refractivity contribution in [2.75, 3.05) is 0 Å². The largest absolute Gasteiger partial charge is 0.480 e. The Kier molecular flexibility index (Phi) is 2.98. The van der Waals surface area contributed by atoms with Crippen molar-refractivity contribution < 1.29 is 14.7 Å². The molecule has 1 aromatic rings. The first-order valence-corrected chi connectivity index (χ1v) is 5.63. The van der Waals surface area contributed by atoms with Crippen LogP contribution in [0.25, 0.3) is 0 Å². The summed E-state index contributed by atoms with van der Waals surface area (Å²) in [6.45, 7) is 0. The van der Waals surface area contributed by atoms with E-state index in [9.17, 15) is 14.7 Å². The minimum absolute atomic E-state index is 0.0844. The maximum Gasteiger partial charge on any atom is 0.324 e. The van der Waals surface area contributed by atoms with Crippen LogP contribution in [0, 0.1) is 0 Å². The van der Waals surface area contributed by atoms with E-state index in [1.54, 1.807) is 0 Å². The summed E-state index contributed by atoms with van der Waals surface area (Å²) in [6, 6.07) is 9.17. The molecule has 0 bridgehead atoms. The number of carbonyl (C=O) groups is 2. The Morgan fingerprint density at radius 1 is 1.35 bits per heavy atom. The molecule has 0 saturated heterocycles. The first kappa shape index (κ1) is 11.8. The van der Waals surface area contributed by atoms with Gasteiger partial charge in [0.1, 0.15) is 11.3 Å². The molecule has 4 heteroatoms. The fraction of sp³-hybridized carbons (Fsp3) is 0.385. The van der Waals surface area contributed by atoms with Crippen molar-refractivity contribution >= 4 is 11.8 Å². The first-order valence-electron chi connectivity index (χ1n) is 5.63. The second kappa shape index (κ2) is 4.30. The van der Waals surface area contributed by atoms with Gasteiger partial charge in [-0.2, -0.15) is 0 Å². The molecule has 0 amide bonds. The Labute approximate surface area is 99.4 Å². The van der Waals surface area contributed by atoms with Gasteiger partial charge in [-0.05, 0) is 12.0 Å². The standard InChI is InChI=1S/C13H15NO3/c14-13(12(16)17)7-6-10(15)8-11(13)9-4-2-1-3-5-9/h1-5,11H,6-8,14H2,(H,16,17)/t11-,13-/m1/s1. The van der Waals surface area contributed by atoms with Crippen molar-refractivity contribution in [3.05, 3.63) is 35.9 Å². The Balaban J connectivity index is 2.39. The number of nitrogens with two attached hydrogens (primary N) is 1. The quantitative estimate of drug-likeness (QED) is 0.807. The molecule has 90 valence electrons. The summed E-state index contributed by atoms with van der Waals surface area (Å²) in [4.78, 5) is 22.8. The van der Waals surface area contributed by atoms with Crippen molar-refractivity contribution in [1.82, 2.24) is 0 Å². The molecule has 2 rings (SSSR count). The molecule has 1 aliphatic rings. The lowest BCUT2D eigenvalue weighted by Crippen LogP contribution is -2.55. The Bertz CT molecular complexity index is 443. The lowest BCUT2D eigenvalue weighted by molar-refractivity contribution is -0.146. The van der Waals surface area contributed by atoms with Crippen LogP contribution in [-0.2, 0) is 9.59 Å². The molecular formula is C13H15NO3. The summed E-state index contributed by atoms with van der Waals surface area (Å²) in [7, 11) is 0. The van der Waals surface area contributed by atoms with Gasteiger partial charge in [-0.3, -0.25) is 9.59 Å². The predicted molar refractivity (Wildman–Crippen MR) is 62.6 cm³/mol. The van der Waals surface area contributed by atoms with E-state index in [4.69, 9.17) is 5.73 Å². The van der Waals surface area contributed by atoms with E-state index in [2.05, 4.69) is 0 Å². The van der Waals surface area contributed by atoms with E-state index < -0.39 is 17.4 Å². The van der Waals surface area contributed by atoms with Gasteiger partial charge in [-0.15, -0.1) is 0 Å². The van der Waals surface area contributed by atoms with E-state index in [1.165, 1.54) is 0 Å². The molecule has 1 aromatic carbocycles. The highest BCUT2D eigenvalue weighted by Crippen LogP contribution is 2.38. The number of rotatable bonds is 2. The third-order valence-corrected chi connectivity index (χ3v) is 3.47. The molecule has 17 heavy (non-hydrogen) atoms. The van der Waals surface area contributed by atoms with E-state index in [-0.39, 0.29) is 25.0 Å². The third-order valence-electron chi connectivity index (χ3n) is 3.47. The highest BCUT2D eigenvalue weighted by molar-refractivity contribution is 5.88. The van der Waals surface area contributed by atoms with Crippen LogP contribution in [0.4, 0.5) is 0 Å². The van der Waals surface area contributed by atoms with Gasteiger partial charge >= 0.3 is 5.97 Å². The average molecular weight is 233 g/mol. The summed E-state index contributed by atoms with van der Waals surface area (Å²) in [5.41, 5.74) is 5.49. The number of hydrogen-bond donors (Lipinski definition) is 2. The van der Waals surface area contributed by atoms with Crippen molar-refractivity contribution in [2.45, 2.75) is 30.7 Å². The van der Waals surface area contributed by atoms with Gasteiger partial charge in [0.2, 0.25) is 0 Å². The number of hydrogen-bond acceptors (Lipinski definition) is 3. The van der Waals surface area contributed by atoms with Crippen molar-refractivity contribution in [1.29, 1.82) is 0 Å². The second-order valence-corrected chi connectivity index (χ2v) is 4.55. The summed E-state index contributed by atoms with van der Waals surface area (Å²) >= 11 is 0. The molecule has 1 aliphatic carbocycles. The third kappa shape index (κ3) is 2.08. The molecular weight excluding hydrogens is 218 g/mol. The van der Waals surface area contributed by atoms with Crippen LogP contribution in [0.5, 0.6) is 0 Å². The van der Waals surface area contributed by atoms with Crippen LogP contribution in [0.1, 0.15) is 30.7 Å². The van der Waals surface area contributed by atoms with Gasteiger partial charge in [0.05, 0.1) is 0 Å². The number of carboxylic acids is 1. The molecule has 0 unspecified atom stereocenters. The second-order valence-electron chi connectivity index (χ2n) is 4.55. The maximum atomic E-state index is 11.5.